The fourth-order valence-electron chi connectivity index (χ4n) is 2.40. The highest BCUT2D eigenvalue weighted by Crippen LogP contribution is 2.35. The minimum absolute atomic E-state index is 0.178. The zero-order valence-electron chi connectivity index (χ0n) is 13.0. The summed E-state index contributed by atoms with van der Waals surface area (Å²) in [5.41, 5.74) is 1.30. The first-order valence-electron chi connectivity index (χ1n) is 7.29. The monoisotopic (exact) mass is 348 g/mol. The Labute approximate surface area is 143 Å². The smallest absolute Gasteiger partial charge is 0.133 e. The minimum Gasteiger partial charge on any atom is -0.303 e. The van der Waals surface area contributed by atoms with Gasteiger partial charge >= 0.3 is 0 Å². The maximum Gasteiger partial charge on any atom is 0.133 e. The Morgan fingerprint density at radius 1 is 1.09 bits per heavy atom. The highest BCUT2D eigenvalue weighted by molar-refractivity contribution is 7.20. The molecule has 3 rings (SSSR count). The van der Waals surface area contributed by atoms with E-state index in [1.54, 1.807) is 22.7 Å². The van der Waals surface area contributed by atoms with Gasteiger partial charge in [0, 0.05) is 22.8 Å². The number of nitrogens with one attached hydrogen (secondary N) is 1. The lowest BCUT2D eigenvalue weighted by Gasteiger charge is -2.30. The van der Waals surface area contributed by atoms with Crippen molar-refractivity contribution in [3.63, 3.8) is 0 Å². The van der Waals surface area contributed by atoms with Crippen LogP contribution in [0.5, 0.6) is 0 Å². The lowest BCUT2D eigenvalue weighted by Crippen LogP contribution is -2.31. The molecule has 1 N–H and O–H groups in total. The van der Waals surface area contributed by atoms with Gasteiger partial charge in [0.1, 0.15) is 5.01 Å². The first-order valence-corrected chi connectivity index (χ1v) is 9.93. The Balaban J connectivity index is 1.70. The molecule has 1 atom stereocenters. The van der Waals surface area contributed by atoms with Crippen LogP contribution in [0.1, 0.15) is 37.4 Å². The van der Waals surface area contributed by atoms with Crippen LogP contribution >= 0.6 is 34.0 Å². The zero-order valence-corrected chi connectivity index (χ0v) is 15.4. The first-order chi connectivity index (χ1) is 10.5. The summed E-state index contributed by atoms with van der Waals surface area (Å²) in [6.07, 6.45) is 0. The molecule has 0 amide bonds. The standard InChI is InChI=1S/C17H20N2S3/c1-17(2,3)15(13-6-4-8-20-13)18-10-12-11-22-16(19-12)14-7-5-9-21-14/h4-9,11,15,18H,10H2,1-3H3/t15-/m1/s1. The van der Waals surface area contributed by atoms with Crippen LogP contribution in [0.4, 0.5) is 0 Å². The Hall–Kier alpha value is -1.01. The zero-order chi connectivity index (χ0) is 15.6. The van der Waals surface area contributed by atoms with Gasteiger partial charge in [-0.2, -0.15) is 0 Å². The van der Waals surface area contributed by atoms with Gasteiger partial charge in [0.05, 0.1) is 10.6 Å². The largest absolute Gasteiger partial charge is 0.303 e. The molecular formula is C17H20N2S3. The average molecular weight is 349 g/mol. The Morgan fingerprint density at radius 3 is 2.50 bits per heavy atom. The van der Waals surface area contributed by atoms with Gasteiger partial charge < -0.3 is 5.32 Å². The molecule has 2 nitrogen and oxygen atoms in total. The van der Waals surface area contributed by atoms with E-state index in [4.69, 9.17) is 4.98 Å². The van der Waals surface area contributed by atoms with E-state index in [1.165, 1.54) is 9.75 Å². The van der Waals surface area contributed by atoms with Gasteiger partial charge in [-0.1, -0.05) is 32.9 Å². The summed E-state index contributed by atoms with van der Waals surface area (Å²) >= 11 is 5.29. The van der Waals surface area contributed by atoms with E-state index in [-0.39, 0.29) is 5.41 Å². The van der Waals surface area contributed by atoms with E-state index in [2.05, 4.69) is 66.5 Å². The summed E-state index contributed by atoms with van der Waals surface area (Å²) in [6.45, 7) is 7.65. The van der Waals surface area contributed by atoms with Gasteiger partial charge in [0.25, 0.3) is 0 Å². The van der Waals surface area contributed by atoms with Crippen LogP contribution in [0.2, 0.25) is 0 Å². The molecule has 0 saturated carbocycles. The molecule has 0 bridgehead atoms. The van der Waals surface area contributed by atoms with E-state index >= 15 is 0 Å². The maximum atomic E-state index is 4.76. The van der Waals surface area contributed by atoms with Crippen molar-refractivity contribution in [2.45, 2.75) is 33.4 Å². The van der Waals surface area contributed by atoms with Crippen LogP contribution < -0.4 is 5.32 Å². The molecule has 0 radical (unpaired) electrons. The van der Waals surface area contributed by atoms with Gasteiger partial charge in [0.15, 0.2) is 0 Å². The molecule has 0 aromatic carbocycles. The van der Waals surface area contributed by atoms with Crippen molar-refractivity contribution in [3.05, 3.63) is 51.0 Å². The highest BCUT2D eigenvalue weighted by atomic mass is 32.1. The third kappa shape index (κ3) is 3.66. The number of nitrogens with zero attached hydrogens (tertiary/aromatic N) is 1. The van der Waals surface area contributed by atoms with Crippen molar-refractivity contribution in [3.8, 4) is 9.88 Å². The van der Waals surface area contributed by atoms with Crippen molar-refractivity contribution in [1.82, 2.24) is 10.3 Å². The minimum atomic E-state index is 0.178. The molecule has 0 aliphatic carbocycles. The second kappa shape index (κ2) is 6.62. The van der Waals surface area contributed by atoms with E-state index in [0.717, 1.165) is 17.2 Å². The molecule has 0 unspecified atom stereocenters. The predicted molar refractivity (Wildman–Crippen MR) is 98.8 cm³/mol. The summed E-state index contributed by atoms with van der Waals surface area (Å²) in [5.74, 6) is 0. The molecule has 3 aromatic rings. The molecule has 0 aliphatic rings. The van der Waals surface area contributed by atoms with Crippen molar-refractivity contribution < 1.29 is 0 Å². The average Bonchev–Trinajstić information content (AvgIpc) is 3.20. The van der Waals surface area contributed by atoms with Crippen molar-refractivity contribution in [2.24, 2.45) is 5.41 Å². The number of rotatable bonds is 5. The SMILES string of the molecule is CC(C)(C)[C@H](NCc1csc(-c2cccs2)n1)c1cccs1. The van der Waals surface area contributed by atoms with Crippen LogP contribution in [-0.2, 0) is 6.54 Å². The van der Waals surface area contributed by atoms with E-state index in [9.17, 15) is 0 Å². The van der Waals surface area contributed by atoms with Gasteiger partial charge in [-0.05, 0) is 28.3 Å². The Morgan fingerprint density at radius 2 is 1.86 bits per heavy atom. The molecule has 116 valence electrons. The molecule has 3 heterocycles. The summed E-state index contributed by atoms with van der Waals surface area (Å²) in [7, 11) is 0. The molecule has 22 heavy (non-hydrogen) atoms. The molecule has 3 aromatic heterocycles. The number of hydrogen-bond donors (Lipinski definition) is 1. The first kappa shape index (κ1) is 15.9. The molecule has 5 heteroatoms. The normalized spacial score (nSPS) is 13.4. The second-order valence-electron chi connectivity index (χ2n) is 6.32. The van der Waals surface area contributed by atoms with Crippen molar-refractivity contribution in [2.75, 3.05) is 0 Å². The van der Waals surface area contributed by atoms with Gasteiger partial charge in [-0.25, -0.2) is 4.98 Å². The maximum absolute atomic E-state index is 4.76. The molecule has 0 aliphatic heterocycles. The van der Waals surface area contributed by atoms with Crippen LogP contribution in [0, 0.1) is 5.41 Å². The molecule has 0 fully saturated rings. The summed E-state index contributed by atoms with van der Waals surface area (Å²) in [5, 5.41) is 11.2. The predicted octanol–water partition coefficient (Wildman–Crippen LogP) is 5.81. The lowest BCUT2D eigenvalue weighted by atomic mass is 9.86. The van der Waals surface area contributed by atoms with Gasteiger partial charge in [0.2, 0.25) is 0 Å². The summed E-state index contributed by atoms with van der Waals surface area (Å²) < 4.78 is 0. The van der Waals surface area contributed by atoms with Crippen LogP contribution in [0.3, 0.4) is 0 Å². The van der Waals surface area contributed by atoms with Crippen molar-refractivity contribution >= 4 is 34.0 Å². The van der Waals surface area contributed by atoms with E-state index in [0.29, 0.717) is 6.04 Å². The van der Waals surface area contributed by atoms with Crippen LogP contribution in [0.15, 0.2) is 40.4 Å². The lowest BCUT2D eigenvalue weighted by molar-refractivity contribution is 0.274. The van der Waals surface area contributed by atoms with E-state index < -0.39 is 0 Å². The van der Waals surface area contributed by atoms with Crippen LogP contribution in [0.25, 0.3) is 9.88 Å². The van der Waals surface area contributed by atoms with Gasteiger partial charge in [-0.15, -0.1) is 34.0 Å². The number of hydrogen-bond acceptors (Lipinski definition) is 5. The fraction of sp³-hybridized carbons (Fsp3) is 0.353. The fourth-order valence-corrected chi connectivity index (χ4v) is 5.08. The topological polar surface area (TPSA) is 24.9 Å². The second-order valence-corrected chi connectivity index (χ2v) is 9.10. The van der Waals surface area contributed by atoms with Gasteiger partial charge in [-0.3, -0.25) is 0 Å². The number of thiazole rings is 1. The number of aromatic nitrogens is 1. The third-order valence-corrected chi connectivity index (χ3v) is 6.33. The molecular weight excluding hydrogens is 328 g/mol. The summed E-state index contributed by atoms with van der Waals surface area (Å²) in [4.78, 5) is 7.40. The third-order valence-electron chi connectivity index (χ3n) is 3.46. The molecule has 0 spiro atoms. The highest BCUT2D eigenvalue weighted by Gasteiger charge is 2.26. The van der Waals surface area contributed by atoms with Crippen molar-refractivity contribution in [1.29, 1.82) is 0 Å². The molecule has 0 saturated heterocycles. The number of thiophene rings is 2. The summed E-state index contributed by atoms with van der Waals surface area (Å²) in [6, 6.07) is 8.89. The Bertz CT molecular complexity index is 691. The Kier molecular flexibility index (Phi) is 4.78. The van der Waals surface area contributed by atoms with E-state index in [1.807, 2.05) is 11.3 Å². The quantitative estimate of drug-likeness (QED) is 0.629. The van der Waals surface area contributed by atoms with Crippen LogP contribution in [-0.4, -0.2) is 4.98 Å².